The molecule has 0 bridgehead atoms. The van der Waals surface area contributed by atoms with Gasteiger partial charge in [0, 0.05) is 24.2 Å². The molecule has 1 unspecified atom stereocenters. The molecule has 2 N–H and O–H groups in total. The van der Waals surface area contributed by atoms with Crippen molar-refractivity contribution >= 4 is 55.6 Å². The molecule has 6 nitrogen and oxygen atoms in total. The van der Waals surface area contributed by atoms with Gasteiger partial charge >= 0.3 is 5.97 Å². The van der Waals surface area contributed by atoms with Crippen LogP contribution in [0.2, 0.25) is 0 Å². The third-order valence-corrected chi connectivity index (χ3v) is 7.06. The Balaban J connectivity index is 1.58. The fourth-order valence-electron chi connectivity index (χ4n) is 3.36. The number of aryl methyl sites for hydroxylation is 2. The van der Waals surface area contributed by atoms with Gasteiger partial charge in [0.2, 0.25) is 0 Å². The third kappa shape index (κ3) is 4.93. The Morgan fingerprint density at radius 3 is 3.00 bits per heavy atom. The number of hydrogen-bond donors (Lipinski definition) is 2. The second kappa shape index (κ2) is 9.37. The van der Waals surface area contributed by atoms with Gasteiger partial charge in [-0.15, -0.1) is 11.3 Å². The number of carbonyl (C=O) groups excluding carboxylic acids is 1. The number of methoxy groups -OCH3 is 1. The van der Waals surface area contributed by atoms with E-state index in [9.17, 15) is 4.79 Å². The molecule has 1 aliphatic rings. The Kier molecular flexibility index (Phi) is 7.11. The summed E-state index contributed by atoms with van der Waals surface area (Å²) in [6.45, 7) is 5.75. The van der Waals surface area contributed by atoms with Crippen molar-refractivity contribution in [2.45, 2.75) is 46.1 Å². The summed E-state index contributed by atoms with van der Waals surface area (Å²) in [5.74, 6) is 0.345. The number of thiophene rings is 1. The summed E-state index contributed by atoms with van der Waals surface area (Å²) in [5, 5.41) is 12.2. The summed E-state index contributed by atoms with van der Waals surface area (Å²) in [5.41, 5.74) is 2.76. The SMILES string of the molecule is COC(=O)c1c(NC(=S)NCCCn2cc(Br)c(C)n2)sc2c1CCC(C)C2. The van der Waals surface area contributed by atoms with Crippen molar-refractivity contribution in [1.29, 1.82) is 0 Å². The lowest BCUT2D eigenvalue weighted by Crippen LogP contribution is -2.30. The zero-order valence-corrected chi connectivity index (χ0v) is 19.5. The van der Waals surface area contributed by atoms with Crippen molar-refractivity contribution in [3.8, 4) is 0 Å². The van der Waals surface area contributed by atoms with Crippen LogP contribution in [0.1, 0.15) is 46.3 Å². The molecule has 0 fully saturated rings. The number of carbonyl (C=O) groups is 1. The summed E-state index contributed by atoms with van der Waals surface area (Å²) in [6.07, 6.45) is 5.88. The molecular weight excluding hydrogens is 460 g/mol. The molecule has 2 aromatic heterocycles. The molecule has 1 atom stereocenters. The van der Waals surface area contributed by atoms with E-state index < -0.39 is 0 Å². The monoisotopic (exact) mass is 484 g/mol. The number of esters is 1. The van der Waals surface area contributed by atoms with Crippen LogP contribution in [-0.4, -0.2) is 34.5 Å². The van der Waals surface area contributed by atoms with E-state index in [1.54, 1.807) is 11.3 Å². The molecule has 28 heavy (non-hydrogen) atoms. The van der Waals surface area contributed by atoms with Crippen LogP contribution in [0, 0.1) is 12.8 Å². The van der Waals surface area contributed by atoms with E-state index >= 15 is 0 Å². The minimum absolute atomic E-state index is 0.294. The summed E-state index contributed by atoms with van der Waals surface area (Å²) in [6, 6.07) is 0. The van der Waals surface area contributed by atoms with Gasteiger partial charge in [-0.2, -0.15) is 5.10 Å². The van der Waals surface area contributed by atoms with Crippen molar-refractivity contribution in [2.75, 3.05) is 19.0 Å². The van der Waals surface area contributed by atoms with Gasteiger partial charge in [0.25, 0.3) is 0 Å². The maximum Gasteiger partial charge on any atom is 0.341 e. The fraction of sp³-hybridized carbons (Fsp3) is 0.526. The summed E-state index contributed by atoms with van der Waals surface area (Å²) in [7, 11) is 1.42. The van der Waals surface area contributed by atoms with Crippen molar-refractivity contribution in [3.63, 3.8) is 0 Å². The first kappa shape index (κ1) is 21.3. The second-order valence-corrected chi connectivity index (χ2v) is 9.48. The summed E-state index contributed by atoms with van der Waals surface area (Å²) >= 11 is 10.5. The Morgan fingerprint density at radius 2 is 2.32 bits per heavy atom. The van der Waals surface area contributed by atoms with Crippen molar-refractivity contribution in [2.24, 2.45) is 5.92 Å². The number of ether oxygens (including phenoxy) is 1. The van der Waals surface area contributed by atoms with E-state index in [1.807, 2.05) is 17.8 Å². The molecular formula is C19H25BrN4O2S2. The average molecular weight is 485 g/mol. The maximum absolute atomic E-state index is 12.3. The van der Waals surface area contributed by atoms with E-state index in [-0.39, 0.29) is 5.97 Å². The molecule has 0 aromatic carbocycles. The van der Waals surface area contributed by atoms with Crippen LogP contribution in [0.15, 0.2) is 10.7 Å². The maximum atomic E-state index is 12.3. The van der Waals surface area contributed by atoms with E-state index in [2.05, 4.69) is 38.6 Å². The minimum atomic E-state index is -0.294. The Morgan fingerprint density at radius 1 is 1.54 bits per heavy atom. The van der Waals surface area contributed by atoms with Gasteiger partial charge in [-0.1, -0.05) is 6.92 Å². The second-order valence-electron chi connectivity index (χ2n) is 7.11. The molecule has 0 aliphatic heterocycles. The zero-order valence-electron chi connectivity index (χ0n) is 16.3. The van der Waals surface area contributed by atoms with Crippen LogP contribution in [-0.2, 0) is 24.1 Å². The van der Waals surface area contributed by atoms with E-state index in [4.69, 9.17) is 17.0 Å². The molecule has 0 radical (unpaired) electrons. The zero-order chi connectivity index (χ0) is 20.3. The molecule has 3 rings (SSSR count). The number of hydrogen-bond acceptors (Lipinski definition) is 5. The highest BCUT2D eigenvalue weighted by atomic mass is 79.9. The number of fused-ring (bicyclic) bond motifs is 1. The molecule has 152 valence electrons. The molecule has 9 heteroatoms. The standard InChI is InChI=1S/C19H25BrN4O2S2/c1-11-5-6-13-15(9-11)28-17(16(13)18(25)26-3)22-19(27)21-7-4-8-24-10-14(20)12(2)23-24/h10-11H,4-9H2,1-3H3,(H2,21,22,27). The highest BCUT2D eigenvalue weighted by molar-refractivity contribution is 9.10. The van der Waals surface area contributed by atoms with Gasteiger partial charge in [-0.25, -0.2) is 4.79 Å². The van der Waals surface area contributed by atoms with Crippen LogP contribution in [0.3, 0.4) is 0 Å². The van der Waals surface area contributed by atoms with E-state index in [1.165, 1.54) is 12.0 Å². The summed E-state index contributed by atoms with van der Waals surface area (Å²) < 4.78 is 7.96. The lowest BCUT2D eigenvalue weighted by atomic mass is 9.88. The predicted octanol–water partition coefficient (Wildman–Crippen LogP) is 4.30. The van der Waals surface area contributed by atoms with Crippen molar-refractivity contribution < 1.29 is 9.53 Å². The Hall–Kier alpha value is -1.45. The highest BCUT2D eigenvalue weighted by Gasteiger charge is 2.28. The quantitative estimate of drug-likeness (QED) is 0.361. The number of thiocarbonyl (C=S) groups is 1. The number of aromatic nitrogens is 2. The normalized spacial score (nSPS) is 15.8. The molecule has 0 saturated carbocycles. The number of rotatable bonds is 6. The Bertz CT molecular complexity index is 858. The van der Waals surface area contributed by atoms with Crippen LogP contribution in [0.5, 0.6) is 0 Å². The molecule has 2 heterocycles. The molecule has 0 saturated heterocycles. The molecule has 1 aliphatic carbocycles. The molecule has 0 amide bonds. The number of halogens is 1. The topological polar surface area (TPSA) is 68.2 Å². The van der Waals surface area contributed by atoms with Gasteiger partial charge in [-0.05, 0) is 72.2 Å². The number of anilines is 1. The highest BCUT2D eigenvalue weighted by Crippen LogP contribution is 2.39. The number of nitrogens with zero attached hydrogens (tertiary/aromatic N) is 2. The largest absolute Gasteiger partial charge is 0.465 e. The van der Waals surface area contributed by atoms with E-state index in [0.717, 1.165) is 59.5 Å². The van der Waals surface area contributed by atoms with Gasteiger partial charge in [-0.3, -0.25) is 4.68 Å². The Labute approximate surface area is 183 Å². The fourth-order valence-corrected chi connectivity index (χ4v) is 5.34. The number of nitrogens with one attached hydrogen (secondary N) is 2. The van der Waals surface area contributed by atoms with Gasteiger partial charge < -0.3 is 15.4 Å². The van der Waals surface area contributed by atoms with Gasteiger partial charge in [0.1, 0.15) is 5.00 Å². The molecule has 0 spiro atoms. The minimum Gasteiger partial charge on any atom is -0.465 e. The average Bonchev–Trinajstić information content (AvgIpc) is 3.16. The first-order valence-corrected chi connectivity index (χ1v) is 11.4. The first-order valence-electron chi connectivity index (χ1n) is 9.36. The lowest BCUT2D eigenvalue weighted by Gasteiger charge is -2.18. The molecule has 2 aromatic rings. The lowest BCUT2D eigenvalue weighted by molar-refractivity contribution is 0.0601. The predicted molar refractivity (Wildman–Crippen MR) is 120 cm³/mol. The third-order valence-electron chi connectivity index (χ3n) is 4.86. The van der Waals surface area contributed by atoms with Crippen molar-refractivity contribution in [3.05, 3.63) is 32.4 Å². The summed E-state index contributed by atoms with van der Waals surface area (Å²) in [4.78, 5) is 13.6. The van der Waals surface area contributed by atoms with Crippen LogP contribution < -0.4 is 10.6 Å². The first-order chi connectivity index (χ1) is 13.4. The van der Waals surface area contributed by atoms with Gasteiger partial charge in [0.05, 0.1) is 22.8 Å². The van der Waals surface area contributed by atoms with E-state index in [0.29, 0.717) is 16.6 Å². The van der Waals surface area contributed by atoms with Crippen LogP contribution in [0.25, 0.3) is 0 Å². The van der Waals surface area contributed by atoms with Gasteiger partial charge in [0.15, 0.2) is 5.11 Å². The van der Waals surface area contributed by atoms with Crippen molar-refractivity contribution in [1.82, 2.24) is 15.1 Å². The van der Waals surface area contributed by atoms with Crippen LogP contribution >= 0.6 is 39.5 Å². The smallest absolute Gasteiger partial charge is 0.341 e. The van der Waals surface area contributed by atoms with Crippen LogP contribution in [0.4, 0.5) is 5.00 Å².